The molecule has 0 bridgehead atoms. The van der Waals surface area contributed by atoms with E-state index in [1.807, 2.05) is 33.8 Å². The molecule has 226 valence electrons. The molecule has 13 heteroatoms. The van der Waals surface area contributed by atoms with Gasteiger partial charge in [-0.25, -0.2) is 14.1 Å². The van der Waals surface area contributed by atoms with Gasteiger partial charge in [0.1, 0.15) is 17.6 Å². The van der Waals surface area contributed by atoms with Gasteiger partial charge in [-0.15, -0.1) is 9.24 Å². The first-order chi connectivity index (χ1) is 20.2. The Labute approximate surface area is 247 Å². The van der Waals surface area contributed by atoms with E-state index in [4.69, 9.17) is 19.5 Å². The van der Waals surface area contributed by atoms with Crippen LogP contribution in [0, 0.1) is 27.3 Å². The van der Waals surface area contributed by atoms with E-state index in [2.05, 4.69) is 14.2 Å². The predicted octanol–water partition coefficient (Wildman–Crippen LogP) is 6.01. The van der Waals surface area contributed by atoms with Gasteiger partial charge in [0.25, 0.3) is 5.69 Å². The summed E-state index contributed by atoms with van der Waals surface area (Å²) in [6.45, 7) is 7.89. The third-order valence-electron chi connectivity index (χ3n) is 5.53. The van der Waals surface area contributed by atoms with Crippen molar-refractivity contribution in [1.82, 2.24) is 4.90 Å². The van der Waals surface area contributed by atoms with Crippen molar-refractivity contribution in [1.29, 1.82) is 5.26 Å². The van der Waals surface area contributed by atoms with E-state index >= 15 is 0 Å². The summed E-state index contributed by atoms with van der Waals surface area (Å²) in [6, 6.07) is 9.54. The minimum absolute atomic E-state index is 0.0187. The van der Waals surface area contributed by atoms with Crippen LogP contribution in [0.25, 0.3) is 0 Å². The van der Waals surface area contributed by atoms with Crippen LogP contribution in [0.2, 0.25) is 0 Å². The lowest BCUT2D eigenvalue weighted by Crippen LogP contribution is -2.47. The molecule has 0 spiro atoms. The van der Waals surface area contributed by atoms with Gasteiger partial charge in [-0.05, 0) is 30.2 Å². The number of unbranched alkanes of at least 4 members (excludes halogenated alkanes) is 1. The lowest BCUT2D eigenvalue weighted by molar-refractivity contribution is -0.384. The standard InChI is InChI=1S/C25H24FN4O7P.2C2H6/c1-35-14-19-22(20(31)5-3-4-12-27)23(15-6-11-21(38)18(26)13-15)29(24(28-19)36-2)25(32)37-17-9-7-16(8-10-17)30(33)34;2*1-2/h6-11,13,23H,3-5,14,38H2,1-2H3;2*1-2H3. The summed E-state index contributed by atoms with van der Waals surface area (Å²) in [5, 5.41) is 20.1. The Hall–Kier alpha value is -4.20. The number of Topliss-reactive ketones (excluding diaryl/α,β-unsaturated/α-hetero) is 1. The number of carbonyl (C=O) groups excluding carboxylic acids is 2. The maximum absolute atomic E-state index is 14.7. The van der Waals surface area contributed by atoms with E-state index in [0.29, 0.717) is 0 Å². The summed E-state index contributed by atoms with van der Waals surface area (Å²) in [4.78, 5) is 42.6. The molecule has 2 aromatic carbocycles. The van der Waals surface area contributed by atoms with E-state index in [-0.39, 0.29) is 65.5 Å². The molecule has 1 heterocycles. The highest BCUT2D eigenvalue weighted by atomic mass is 31.0. The van der Waals surface area contributed by atoms with Crippen molar-refractivity contribution in [2.45, 2.75) is 53.0 Å². The zero-order chi connectivity index (χ0) is 31.8. The Morgan fingerprint density at radius 1 is 1.14 bits per heavy atom. The van der Waals surface area contributed by atoms with Crippen LogP contribution in [0.1, 0.15) is 58.6 Å². The highest BCUT2D eigenvalue weighted by Crippen LogP contribution is 2.38. The molecule has 42 heavy (non-hydrogen) atoms. The number of hydrogen-bond donors (Lipinski definition) is 0. The summed E-state index contributed by atoms with van der Waals surface area (Å²) in [7, 11) is 4.92. The van der Waals surface area contributed by atoms with E-state index in [0.717, 1.165) is 17.0 Å². The second-order valence-corrected chi connectivity index (χ2v) is 8.62. The van der Waals surface area contributed by atoms with Crippen molar-refractivity contribution < 1.29 is 33.1 Å². The Balaban J connectivity index is 0.00000211. The minimum atomic E-state index is -1.21. The molecule has 0 radical (unpaired) electrons. The smallest absolute Gasteiger partial charge is 0.424 e. The summed E-state index contributed by atoms with van der Waals surface area (Å²) in [5.74, 6) is -1.03. The number of benzene rings is 2. The van der Waals surface area contributed by atoms with Crippen LogP contribution < -0.4 is 10.0 Å². The van der Waals surface area contributed by atoms with Gasteiger partial charge in [0.2, 0.25) is 0 Å². The highest BCUT2D eigenvalue weighted by Gasteiger charge is 2.42. The third kappa shape index (κ3) is 9.16. The molecule has 1 aliphatic rings. The molecule has 1 amide bonds. The first kappa shape index (κ1) is 35.8. The Morgan fingerprint density at radius 2 is 1.79 bits per heavy atom. The number of halogens is 1. The van der Waals surface area contributed by atoms with E-state index < -0.39 is 28.7 Å². The predicted molar refractivity (Wildman–Crippen MR) is 160 cm³/mol. The summed E-state index contributed by atoms with van der Waals surface area (Å²) in [6.07, 6.45) is -0.657. The Kier molecular flexibility index (Phi) is 15.6. The van der Waals surface area contributed by atoms with Gasteiger partial charge in [0.15, 0.2) is 5.78 Å². The number of non-ortho nitro benzene ring substituents is 1. The number of nitriles is 1. The van der Waals surface area contributed by atoms with Crippen LogP contribution in [-0.4, -0.2) is 48.5 Å². The number of ether oxygens (including phenoxy) is 3. The number of nitro groups is 1. The number of ketones is 1. The topological polar surface area (TPSA) is 144 Å². The summed E-state index contributed by atoms with van der Waals surface area (Å²) >= 11 is 0. The summed E-state index contributed by atoms with van der Waals surface area (Å²) in [5.41, 5.74) is 0.259. The van der Waals surface area contributed by atoms with Gasteiger partial charge in [-0.2, -0.15) is 10.3 Å². The zero-order valence-corrected chi connectivity index (χ0v) is 25.7. The molecule has 3 rings (SSSR count). The first-order valence-corrected chi connectivity index (χ1v) is 13.8. The van der Waals surface area contributed by atoms with Crippen molar-refractivity contribution in [3.8, 4) is 11.8 Å². The maximum atomic E-state index is 14.7. The molecule has 2 atom stereocenters. The fourth-order valence-electron chi connectivity index (χ4n) is 3.79. The molecule has 2 aromatic rings. The van der Waals surface area contributed by atoms with Gasteiger partial charge < -0.3 is 14.2 Å². The molecule has 0 aromatic heterocycles. The zero-order valence-electron chi connectivity index (χ0n) is 24.5. The maximum Gasteiger partial charge on any atom is 0.424 e. The molecular formula is C29H36FN4O7P. The van der Waals surface area contributed by atoms with Crippen molar-refractivity contribution >= 4 is 38.1 Å². The van der Waals surface area contributed by atoms with E-state index in [1.165, 1.54) is 38.5 Å². The van der Waals surface area contributed by atoms with Crippen LogP contribution in [0.3, 0.4) is 0 Å². The third-order valence-corrected chi connectivity index (χ3v) is 5.99. The van der Waals surface area contributed by atoms with Crippen molar-refractivity contribution in [3.63, 3.8) is 0 Å². The minimum Gasteiger partial charge on any atom is -0.468 e. The Bertz CT molecular complexity index is 1340. The number of nitro benzene ring substituents is 1. The molecule has 11 nitrogen and oxygen atoms in total. The molecule has 0 saturated carbocycles. The van der Waals surface area contributed by atoms with E-state index in [9.17, 15) is 24.1 Å². The van der Waals surface area contributed by atoms with Crippen molar-refractivity contribution in [3.05, 3.63) is 75.2 Å². The fraction of sp³-hybridized carbons (Fsp3) is 0.379. The second-order valence-electron chi connectivity index (χ2n) is 8.00. The molecule has 0 saturated heterocycles. The van der Waals surface area contributed by atoms with Gasteiger partial charge in [-0.1, -0.05) is 39.8 Å². The number of hydrogen-bond acceptors (Lipinski definition) is 9. The van der Waals surface area contributed by atoms with Crippen molar-refractivity contribution in [2.75, 3.05) is 20.8 Å². The first-order valence-electron chi connectivity index (χ1n) is 13.3. The summed E-state index contributed by atoms with van der Waals surface area (Å²) < 4.78 is 30.7. The Morgan fingerprint density at radius 3 is 2.31 bits per heavy atom. The quantitative estimate of drug-likeness (QED) is 0.147. The van der Waals surface area contributed by atoms with Gasteiger partial charge in [-0.3, -0.25) is 14.9 Å². The molecule has 0 fully saturated rings. The molecule has 1 aliphatic heterocycles. The average molecular weight is 603 g/mol. The average Bonchev–Trinajstić information content (AvgIpc) is 3.00. The number of nitrogens with zero attached hydrogens (tertiary/aromatic N) is 4. The number of rotatable bonds is 9. The molecule has 0 aliphatic carbocycles. The number of carbonyl (C=O) groups is 2. The van der Waals surface area contributed by atoms with Gasteiger partial charge in [0.05, 0.1) is 30.4 Å². The van der Waals surface area contributed by atoms with E-state index in [1.54, 1.807) is 6.07 Å². The van der Waals surface area contributed by atoms with Crippen LogP contribution in [-0.2, 0) is 14.3 Å². The largest absolute Gasteiger partial charge is 0.468 e. The highest BCUT2D eigenvalue weighted by molar-refractivity contribution is 7.27. The van der Waals surface area contributed by atoms with Crippen LogP contribution in [0.15, 0.2) is 58.7 Å². The lowest BCUT2D eigenvalue weighted by atomic mass is 9.89. The number of methoxy groups -OCH3 is 2. The molecule has 0 N–H and O–H groups in total. The molecular weight excluding hydrogens is 566 g/mol. The monoisotopic (exact) mass is 602 g/mol. The SMILES string of the molecule is CC.CC.COCC1=C(C(=O)CCCC#N)C(c2ccc(P)c(F)c2)N(C(=O)Oc2ccc([N+](=O)[O-])cc2)C(OC)=N1. The van der Waals surface area contributed by atoms with Gasteiger partial charge >= 0.3 is 12.1 Å². The lowest BCUT2D eigenvalue weighted by Gasteiger charge is -2.35. The normalized spacial score (nSPS) is 13.8. The van der Waals surface area contributed by atoms with Crippen LogP contribution in [0.5, 0.6) is 5.75 Å². The van der Waals surface area contributed by atoms with Crippen molar-refractivity contribution in [2.24, 2.45) is 4.99 Å². The number of amides is 1. The number of amidine groups is 1. The molecule has 2 unspecified atom stereocenters. The second kappa shape index (κ2) is 18.3. The fourth-order valence-corrected chi connectivity index (χ4v) is 3.97. The van der Waals surface area contributed by atoms with Crippen LogP contribution >= 0.6 is 9.24 Å². The number of aliphatic imine (C=N–C) groups is 1. The van der Waals surface area contributed by atoms with Gasteiger partial charge in [0, 0.05) is 43.0 Å². The van der Waals surface area contributed by atoms with Crippen LogP contribution in [0.4, 0.5) is 14.9 Å².